The number of benzene rings is 1. The summed E-state index contributed by atoms with van der Waals surface area (Å²) in [5.41, 5.74) is 0.788. The number of halogens is 1. The van der Waals surface area contributed by atoms with Crippen molar-refractivity contribution >= 4 is 0 Å². The molecule has 130 valence electrons. The Bertz CT molecular complexity index is 667. The van der Waals surface area contributed by atoms with E-state index in [4.69, 9.17) is 9.15 Å². The predicted molar refractivity (Wildman–Crippen MR) is 90.2 cm³/mol. The van der Waals surface area contributed by atoms with Crippen LogP contribution in [-0.2, 0) is 22.2 Å². The van der Waals surface area contributed by atoms with E-state index in [2.05, 4.69) is 31.1 Å². The maximum Gasteiger partial charge on any atom is 0.208 e. The molecule has 1 aromatic heterocycles. The van der Waals surface area contributed by atoms with Gasteiger partial charge in [-0.1, -0.05) is 32.9 Å². The summed E-state index contributed by atoms with van der Waals surface area (Å²) in [7, 11) is 0. The van der Waals surface area contributed by atoms with Gasteiger partial charge in [-0.25, -0.2) is 9.37 Å². The fraction of sp³-hybridized carbons (Fsp3) is 0.526. The first kappa shape index (κ1) is 17.1. The molecule has 0 saturated carbocycles. The molecule has 1 saturated heterocycles. The molecule has 1 aromatic carbocycles. The van der Waals surface area contributed by atoms with Crippen molar-refractivity contribution in [2.45, 2.75) is 51.1 Å². The smallest absolute Gasteiger partial charge is 0.208 e. The van der Waals surface area contributed by atoms with Crippen molar-refractivity contribution in [3.8, 4) is 0 Å². The maximum absolute atomic E-state index is 13.3. The van der Waals surface area contributed by atoms with E-state index < -0.39 is 0 Å². The Hall–Kier alpha value is -1.72. The molecule has 2 aromatic rings. The summed E-state index contributed by atoms with van der Waals surface area (Å²) in [6, 6.07) is 6.72. The van der Waals surface area contributed by atoms with Crippen molar-refractivity contribution in [3.05, 3.63) is 53.5 Å². The summed E-state index contributed by atoms with van der Waals surface area (Å²) in [4.78, 5) is 4.39. The van der Waals surface area contributed by atoms with E-state index >= 15 is 0 Å². The minimum absolute atomic E-state index is 0.0570. The average Bonchev–Trinajstić information content (AvgIpc) is 3.04. The van der Waals surface area contributed by atoms with E-state index in [0.29, 0.717) is 25.6 Å². The van der Waals surface area contributed by atoms with Gasteiger partial charge in [-0.05, 0) is 30.5 Å². The number of rotatable bonds is 4. The van der Waals surface area contributed by atoms with E-state index in [-0.39, 0.29) is 16.8 Å². The lowest BCUT2D eigenvalue weighted by Gasteiger charge is -2.38. The Balaban J connectivity index is 1.78. The molecule has 1 N–H and O–H groups in total. The molecular weight excluding hydrogens is 307 g/mol. The van der Waals surface area contributed by atoms with E-state index in [9.17, 15) is 4.39 Å². The molecule has 0 spiro atoms. The number of hydrogen-bond acceptors (Lipinski definition) is 4. The Kier molecular flexibility index (Phi) is 4.74. The standard InChI is InChI=1S/C19H25FN2O2/c1-18(2,3)16-12-21-17(24-16)13-22-19(8-10-23-11-9-19)14-4-6-15(20)7-5-14/h4-7,12,22H,8-11,13H2,1-3H3. The average molecular weight is 332 g/mol. The highest BCUT2D eigenvalue weighted by molar-refractivity contribution is 5.26. The number of aromatic nitrogens is 1. The highest BCUT2D eigenvalue weighted by Crippen LogP contribution is 2.33. The molecule has 1 fully saturated rings. The van der Waals surface area contributed by atoms with E-state index in [1.54, 1.807) is 6.20 Å². The summed E-state index contributed by atoms with van der Waals surface area (Å²) in [6.45, 7) is 8.20. The van der Waals surface area contributed by atoms with Crippen molar-refractivity contribution in [2.75, 3.05) is 13.2 Å². The lowest BCUT2D eigenvalue weighted by molar-refractivity contribution is 0.0347. The van der Waals surface area contributed by atoms with E-state index in [1.165, 1.54) is 12.1 Å². The minimum Gasteiger partial charge on any atom is -0.444 e. The minimum atomic E-state index is -0.234. The zero-order chi connectivity index (χ0) is 17.2. The fourth-order valence-electron chi connectivity index (χ4n) is 3.04. The van der Waals surface area contributed by atoms with Crippen LogP contribution in [0.15, 0.2) is 34.9 Å². The van der Waals surface area contributed by atoms with Crippen LogP contribution in [-0.4, -0.2) is 18.2 Å². The molecule has 3 rings (SSSR count). The second-order valence-electron chi connectivity index (χ2n) is 7.42. The van der Waals surface area contributed by atoms with Crippen molar-refractivity contribution < 1.29 is 13.5 Å². The monoisotopic (exact) mass is 332 g/mol. The van der Waals surface area contributed by atoms with Gasteiger partial charge in [0.25, 0.3) is 0 Å². The zero-order valence-electron chi connectivity index (χ0n) is 14.6. The normalized spacial score (nSPS) is 17.8. The van der Waals surface area contributed by atoms with Crippen molar-refractivity contribution in [1.29, 1.82) is 0 Å². The Morgan fingerprint density at radius 3 is 2.42 bits per heavy atom. The predicted octanol–water partition coefficient (Wildman–Crippen LogP) is 3.91. The molecule has 4 nitrogen and oxygen atoms in total. The maximum atomic E-state index is 13.3. The molecule has 0 aliphatic carbocycles. The molecule has 5 heteroatoms. The van der Waals surface area contributed by atoms with Crippen LogP contribution in [0, 0.1) is 5.82 Å². The number of nitrogens with one attached hydrogen (secondary N) is 1. The third-order valence-electron chi connectivity index (χ3n) is 4.61. The Morgan fingerprint density at radius 2 is 1.83 bits per heavy atom. The van der Waals surface area contributed by atoms with Gasteiger partial charge in [0.05, 0.1) is 12.7 Å². The van der Waals surface area contributed by atoms with Crippen molar-refractivity contribution in [3.63, 3.8) is 0 Å². The second-order valence-corrected chi connectivity index (χ2v) is 7.42. The van der Waals surface area contributed by atoms with Gasteiger partial charge in [-0.2, -0.15) is 0 Å². The number of nitrogens with zero attached hydrogens (tertiary/aromatic N) is 1. The van der Waals surface area contributed by atoms with E-state index in [1.807, 2.05) is 12.1 Å². The molecule has 0 unspecified atom stereocenters. The van der Waals surface area contributed by atoms with Gasteiger partial charge >= 0.3 is 0 Å². The number of oxazole rings is 1. The topological polar surface area (TPSA) is 47.3 Å². The lowest BCUT2D eigenvalue weighted by atomic mass is 9.82. The van der Waals surface area contributed by atoms with Gasteiger partial charge in [-0.15, -0.1) is 0 Å². The van der Waals surface area contributed by atoms with Gasteiger partial charge in [0.1, 0.15) is 11.6 Å². The second kappa shape index (κ2) is 6.65. The van der Waals surface area contributed by atoms with Crippen LogP contribution < -0.4 is 5.32 Å². The summed E-state index contributed by atoms with van der Waals surface area (Å²) in [5, 5.41) is 3.59. The van der Waals surface area contributed by atoms with Crippen molar-refractivity contribution in [2.24, 2.45) is 0 Å². The summed E-state index contributed by atoms with van der Waals surface area (Å²) in [5.74, 6) is 1.33. The molecule has 1 aliphatic rings. The molecule has 0 amide bonds. The quantitative estimate of drug-likeness (QED) is 0.922. The fourth-order valence-corrected chi connectivity index (χ4v) is 3.04. The van der Waals surface area contributed by atoms with Crippen LogP contribution in [0.25, 0.3) is 0 Å². The lowest BCUT2D eigenvalue weighted by Crippen LogP contribution is -2.46. The highest BCUT2D eigenvalue weighted by atomic mass is 19.1. The van der Waals surface area contributed by atoms with Crippen LogP contribution in [0.3, 0.4) is 0 Å². The molecule has 0 radical (unpaired) electrons. The highest BCUT2D eigenvalue weighted by Gasteiger charge is 2.34. The van der Waals surface area contributed by atoms with Crippen LogP contribution in [0.4, 0.5) is 4.39 Å². The number of ether oxygens (including phenoxy) is 1. The van der Waals surface area contributed by atoms with Gasteiger partial charge in [0, 0.05) is 24.2 Å². The SMILES string of the molecule is CC(C)(C)c1cnc(CNC2(c3ccc(F)cc3)CCOCC2)o1. The van der Waals surface area contributed by atoms with Crippen LogP contribution >= 0.6 is 0 Å². The first-order valence-electron chi connectivity index (χ1n) is 8.43. The molecule has 1 aliphatic heterocycles. The van der Waals surface area contributed by atoms with Gasteiger partial charge in [0.2, 0.25) is 5.89 Å². The van der Waals surface area contributed by atoms with E-state index in [0.717, 1.165) is 24.2 Å². The molecule has 0 bridgehead atoms. The Morgan fingerprint density at radius 1 is 1.17 bits per heavy atom. The van der Waals surface area contributed by atoms with Crippen LogP contribution in [0.2, 0.25) is 0 Å². The first-order chi connectivity index (χ1) is 11.4. The summed E-state index contributed by atoms with van der Waals surface area (Å²) < 4.78 is 24.7. The van der Waals surface area contributed by atoms with Gasteiger partial charge < -0.3 is 9.15 Å². The van der Waals surface area contributed by atoms with Crippen LogP contribution in [0.5, 0.6) is 0 Å². The summed E-state index contributed by atoms with van der Waals surface area (Å²) in [6.07, 6.45) is 3.47. The molecular formula is C19H25FN2O2. The van der Waals surface area contributed by atoms with Gasteiger partial charge in [0.15, 0.2) is 0 Å². The van der Waals surface area contributed by atoms with Crippen LogP contribution in [0.1, 0.15) is 50.8 Å². The number of hydrogen-bond donors (Lipinski definition) is 1. The van der Waals surface area contributed by atoms with Gasteiger partial charge in [-0.3, -0.25) is 5.32 Å². The largest absolute Gasteiger partial charge is 0.444 e. The molecule has 2 heterocycles. The zero-order valence-corrected chi connectivity index (χ0v) is 14.6. The molecule has 0 atom stereocenters. The Labute approximate surface area is 142 Å². The van der Waals surface area contributed by atoms with Crippen molar-refractivity contribution in [1.82, 2.24) is 10.3 Å². The third kappa shape index (κ3) is 3.68. The molecule has 24 heavy (non-hydrogen) atoms. The first-order valence-corrected chi connectivity index (χ1v) is 8.43. The summed E-state index contributed by atoms with van der Waals surface area (Å²) >= 11 is 0. The third-order valence-corrected chi connectivity index (χ3v) is 4.61.